The number of amides is 1. The minimum Gasteiger partial charge on any atom is -0.380 e. The average molecular weight is 401 g/mol. The quantitative estimate of drug-likeness (QED) is 0.474. The molecule has 2 aromatic rings. The van der Waals surface area contributed by atoms with Gasteiger partial charge < -0.3 is 9.64 Å². The number of allylic oxidation sites excluding steroid dienone is 3. The molecule has 4 nitrogen and oxygen atoms in total. The van der Waals surface area contributed by atoms with Crippen LogP contribution in [0.4, 0.5) is 5.69 Å². The third-order valence-corrected chi connectivity index (χ3v) is 6.02. The van der Waals surface area contributed by atoms with Gasteiger partial charge in [-0.05, 0) is 66.4 Å². The molecular weight excluding hydrogens is 372 g/mol. The number of hydrogen-bond acceptors (Lipinski definition) is 3. The van der Waals surface area contributed by atoms with E-state index in [-0.39, 0.29) is 17.7 Å². The Bertz CT molecular complexity index is 991. The van der Waals surface area contributed by atoms with Crippen molar-refractivity contribution in [2.45, 2.75) is 25.9 Å². The van der Waals surface area contributed by atoms with Crippen molar-refractivity contribution >= 4 is 18.3 Å². The smallest absolute Gasteiger partial charge is 0.230 e. The van der Waals surface area contributed by atoms with Crippen molar-refractivity contribution in [1.29, 1.82) is 0 Å². The largest absolute Gasteiger partial charge is 0.380 e. The van der Waals surface area contributed by atoms with Gasteiger partial charge in [0, 0.05) is 36.9 Å². The van der Waals surface area contributed by atoms with Gasteiger partial charge >= 0.3 is 0 Å². The molecule has 1 aliphatic heterocycles. The highest BCUT2D eigenvalue weighted by atomic mass is 16.5. The van der Waals surface area contributed by atoms with Crippen molar-refractivity contribution in [3.63, 3.8) is 0 Å². The fourth-order valence-electron chi connectivity index (χ4n) is 4.37. The van der Waals surface area contributed by atoms with E-state index in [4.69, 9.17) is 4.74 Å². The predicted octanol–water partition coefficient (Wildman–Crippen LogP) is 5.19. The van der Waals surface area contributed by atoms with Crippen LogP contribution in [0.3, 0.4) is 0 Å². The van der Waals surface area contributed by atoms with Gasteiger partial charge in [-0.2, -0.15) is 0 Å². The zero-order valence-corrected chi connectivity index (χ0v) is 17.5. The van der Waals surface area contributed by atoms with E-state index in [0.29, 0.717) is 6.61 Å². The summed E-state index contributed by atoms with van der Waals surface area (Å²) in [6.45, 7) is 8.77. The van der Waals surface area contributed by atoms with E-state index in [9.17, 15) is 4.79 Å². The molecule has 2 atom stereocenters. The van der Waals surface area contributed by atoms with Crippen molar-refractivity contribution in [3.05, 3.63) is 78.0 Å². The van der Waals surface area contributed by atoms with E-state index < -0.39 is 0 Å². The first kappa shape index (κ1) is 20.3. The highest BCUT2D eigenvalue weighted by molar-refractivity contribution is 5.98. The maximum atomic E-state index is 13.2. The summed E-state index contributed by atoms with van der Waals surface area (Å²) in [5.41, 5.74) is 6.69. The van der Waals surface area contributed by atoms with Gasteiger partial charge in [0.25, 0.3) is 0 Å². The maximum absolute atomic E-state index is 13.2. The van der Waals surface area contributed by atoms with E-state index in [1.807, 2.05) is 11.0 Å². The number of fused-ring (bicyclic) bond motifs is 1. The van der Waals surface area contributed by atoms with E-state index in [1.54, 1.807) is 13.2 Å². The minimum atomic E-state index is 0.000607. The number of rotatable bonds is 7. The summed E-state index contributed by atoms with van der Waals surface area (Å²) in [6, 6.07) is 14.9. The molecule has 0 bridgehead atoms. The van der Waals surface area contributed by atoms with Gasteiger partial charge in [0.1, 0.15) is 0 Å². The van der Waals surface area contributed by atoms with Crippen molar-refractivity contribution in [2.24, 2.45) is 16.8 Å². The van der Waals surface area contributed by atoms with E-state index >= 15 is 0 Å². The van der Waals surface area contributed by atoms with Gasteiger partial charge in [-0.25, -0.2) is 0 Å². The van der Waals surface area contributed by atoms with Crippen LogP contribution in [-0.2, 0) is 22.6 Å². The Labute approximate surface area is 178 Å². The second kappa shape index (κ2) is 8.80. The Kier molecular flexibility index (Phi) is 5.96. The third-order valence-electron chi connectivity index (χ3n) is 6.02. The Morgan fingerprint density at radius 1 is 1.20 bits per heavy atom. The van der Waals surface area contributed by atoms with Crippen LogP contribution in [0.1, 0.15) is 24.0 Å². The molecule has 2 aliphatic rings. The summed E-state index contributed by atoms with van der Waals surface area (Å²) in [5.74, 6) is 0.375. The second-order valence-corrected chi connectivity index (χ2v) is 8.00. The molecule has 0 N–H and O–H groups in total. The number of aliphatic imine (C=N–C) groups is 1. The van der Waals surface area contributed by atoms with Crippen LogP contribution in [0.25, 0.3) is 11.1 Å². The summed E-state index contributed by atoms with van der Waals surface area (Å²) in [5, 5.41) is 0. The zero-order chi connectivity index (χ0) is 21.1. The maximum Gasteiger partial charge on any atom is 0.230 e. The Hall–Kier alpha value is -2.98. The van der Waals surface area contributed by atoms with Crippen molar-refractivity contribution < 1.29 is 9.53 Å². The number of ether oxygens (including phenoxy) is 1. The summed E-state index contributed by atoms with van der Waals surface area (Å²) < 4.78 is 5.19. The minimum absolute atomic E-state index is 0.000607. The number of carbonyl (C=O) groups excluding carboxylic acids is 1. The standard InChI is InChI=1S/C26H28N2O2/c1-4-6-24(27-2)22-16-23(22)26(29)28-14-5-7-21-15-20(12-13-25(21)28)19-10-8-18(9-11-19)17-30-3/h4,6,8-13,15,22-23H,1-2,5,7,14,16-17H2,3H3/b24-6-. The molecule has 1 heterocycles. The highest BCUT2D eigenvalue weighted by Gasteiger charge is 2.47. The van der Waals surface area contributed by atoms with Crippen LogP contribution < -0.4 is 4.90 Å². The first-order valence-corrected chi connectivity index (χ1v) is 10.5. The molecule has 1 fully saturated rings. The Morgan fingerprint density at radius 3 is 2.67 bits per heavy atom. The fourth-order valence-corrected chi connectivity index (χ4v) is 4.37. The summed E-state index contributed by atoms with van der Waals surface area (Å²) in [6.07, 6.45) is 6.40. The van der Waals surface area contributed by atoms with Crippen LogP contribution in [0.15, 0.2) is 71.9 Å². The average Bonchev–Trinajstić information content (AvgIpc) is 3.57. The number of carbonyl (C=O) groups is 1. The molecule has 4 heteroatoms. The molecule has 4 rings (SSSR count). The van der Waals surface area contributed by atoms with Gasteiger partial charge in [0.15, 0.2) is 0 Å². The van der Waals surface area contributed by atoms with Gasteiger partial charge in [-0.3, -0.25) is 9.79 Å². The first-order valence-electron chi connectivity index (χ1n) is 10.5. The molecule has 0 saturated heterocycles. The van der Waals surface area contributed by atoms with Crippen LogP contribution in [-0.4, -0.2) is 26.3 Å². The number of aryl methyl sites for hydroxylation is 1. The number of benzene rings is 2. The summed E-state index contributed by atoms with van der Waals surface area (Å²) in [4.78, 5) is 19.3. The van der Waals surface area contributed by atoms with E-state index in [1.165, 1.54) is 16.7 Å². The lowest BCUT2D eigenvalue weighted by atomic mass is 9.95. The molecule has 30 heavy (non-hydrogen) atoms. The van der Waals surface area contributed by atoms with Crippen LogP contribution >= 0.6 is 0 Å². The molecule has 0 spiro atoms. The predicted molar refractivity (Wildman–Crippen MR) is 123 cm³/mol. The van der Waals surface area contributed by atoms with Gasteiger partial charge in [0.05, 0.1) is 6.61 Å². The van der Waals surface area contributed by atoms with Crippen molar-refractivity contribution in [3.8, 4) is 11.1 Å². The second-order valence-electron chi connectivity index (χ2n) is 8.00. The van der Waals surface area contributed by atoms with Crippen LogP contribution in [0.5, 0.6) is 0 Å². The first-order chi connectivity index (χ1) is 14.7. The molecule has 1 aliphatic carbocycles. The third kappa shape index (κ3) is 4.01. The Balaban J connectivity index is 1.54. The molecule has 2 aromatic carbocycles. The van der Waals surface area contributed by atoms with Crippen LogP contribution in [0, 0.1) is 11.8 Å². The molecule has 0 radical (unpaired) electrons. The number of hydrogen-bond donors (Lipinski definition) is 0. The zero-order valence-electron chi connectivity index (χ0n) is 17.5. The molecule has 154 valence electrons. The monoisotopic (exact) mass is 400 g/mol. The Morgan fingerprint density at radius 2 is 1.97 bits per heavy atom. The summed E-state index contributed by atoms with van der Waals surface area (Å²) in [7, 11) is 1.71. The number of nitrogens with zero attached hydrogens (tertiary/aromatic N) is 2. The van der Waals surface area contributed by atoms with E-state index in [0.717, 1.165) is 42.8 Å². The van der Waals surface area contributed by atoms with Gasteiger partial charge in [-0.1, -0.05) is 43.0 Å². The fraction of sp³-hybridized carbons (Fsp3) is 0.308. The number of anilines is 1. The topological polar surface area (TPSA) is 41.9 Å². The van der Waals surface area contributed by atoms with Gasteiger partial charge in [0.2, 0.25) is 5.91 Å². The summed E-state index contributed by atoms with van der Waals surface area (Å²) >= 11 is 0. The lowest BCUT2D eigenvalue weighted by molar-refractivity contribution is -0.120. The number of methoxy groups -OCH3 is 1. The SMILES string of the molecule is C=C/C=C(\N=C)C1CC1C(=O)N1CCCc2cc(-c3ccc(COC)cc3)ccc21. The molecule has 1 amide bonds. The molecule has 0 aromatic heterocycles. The molecule has 1 saturated carbocycles. The normalized spacial score (nSPS) is 20.4. The van der Waals surface area contributed by atoms with Crippen molar-refractivity contribution in [1.82, 2.24) is 0 Å². The lowest BCUT2D eigenvalue weighted by Crippen LogP contribution is -2.37. The van der Waals surface area contributed by atoms with Crippen molar-refractivity contribution in [2.75, 3.05) is 18.6 Å². The molecule has 2 unspecified atom stereocenters. The van der Waals surface area contributed by atoms with Gasteiger partial charge in [-0.15, -0.1) is 0 Å². The lowest BCUT2D eigenvalue weighted by Gasteiger charge is -2.30. The molecular formula is C26H28N2O2. The van der Waals surface area contributed by atoms with E-state index in [2.05, 4.69) is 60.8 Å². The highest BCUT2D eigenvalue weighted by Crippen LogP contribution is 2.47. The van der Waals surface area contributed by atoms with Crippen LogP contribution in [0.2, 0.25) is 0 Å².